The number of H-pyrrole nitrogens is 1. The average molecular weight is 493 g/mol. The van der Waals surface area contributed by atoms with Gasteiger partial charge in [-0.05, 0) is 41.8 Å². The van der Waals surface area contributed by atoms with Gasteiger partial charge in [0.25, 0.3) is 5.91 Å². The minimum atomic E-state index is -2.45. The Morgan fingerprint density at radius 3 is 2.49 bits per heavy atom. The Labute approximate surface area is 202 Å². The molecule has 0 aliphatic carbocycles. The van der Waals surface area contributed by atoms with Gasteiger partial charge in [0.15, 0.2) is 5.69 Å². The number of aromatic nitrogens is 4. The van der Waals surface area contributed by atoms with Crippen LogP contribution in [0.5, 0.6) is 0 Å². The van der Waals surface area contributed by atoms with Gasteiger partial charge in [-0.3, -0.25) is 19.6 Å². The highest BCUT2D eigenvalue weighted by Crippen LogP contribution is 2.27. The smallest absolute Gasteiger partial charge is 0.321 e. The third-order valence-electron chi connectivity index (χ3n) is 4.85. The predicted molar refractivity (Wildman–Crippen MR) is 139 cm³/mol. The molecule has 0 aliphatic rings. The third-order valence-corrected chi connectivity index (χ3v) is 5.49. The number of urea groups is 1. The summed E-state index contributed by atoms with van der Waals surface area (Å²) in [5.74, 6) is 3.49. The fraction of sp³-hybridized carbons (Fsp3) is 0.130. The second kappa shape index (κ2) is 9.43. The van der Waals surface area contributed by atoms with Crippen LogP contribution in [0.4, 0.5) is 22.0 Å². The average Bonchev–Trinajstić information content (AvgIpc) is 3.23. The van der Waals surface area contributed by atoms with Crippen LogP contribution < -0.4 is 15.4 Å². The summed E-state index contributed by atoms with van der Waals surface area (Å²) in [7, 11) is 0.850. The number of fused-ring (bicyclic) bond motifs is 1. The molecule has 4 rings (SSSR count). The van der Waals surface area contributed by atoms with Gasteiger partial charge in [0.2, 0.25) is 0 Å². The minimum absolute atomic E-state index is 0.211. The van der Waals surface area contributed by atoms with Gasteiger partial charge < -0.3 is 15.5 Å². The first-order valence-corrected chi connectivity index (χ1v) is 12.5. The Kier molecular flexibility index (Phi) is 6.38. The highest BCUT2D eigenvalue weighted by Gasteiger charge is 2.16. The molecule has 0 saturated carbocycles. The maximum absolute atomic E-state index is 12.9. The number of pyridine rings is 2. The first-order chi connectivity index (χ1) is 16.6. The van der Waals surface area contributed by atoms with Crippen molar-refractivity contribution < 1.29 is 13.8 Å². The molecule has 1 aromatic carbocycles. The molecule has 0 radical (unpaired) electrons. The SMILES string of the molecule is C=S(C)(=O)Nc1ccc(NC(=O)c2n[nH]c3ccc(-c4cncc(NC(=O)N(C)C)c4)cc23)cn1. The summed E-state index contributed by atoms with van der Waals surface area (Å²) in [6, 6.07) is 10.3. The van der Waals surface area contributed by atoms with Crippen molar-refractivity contribution in [1.82, 2.24) is 25.1 Å². The zero-order chi connectivity index (χ0) is 25.2. The van der Waals surface area contributed by atoms with Gasteiger partial charge in [0.1, 0.15) is 5.82 Å². The molecule has 180 valence electrons. The highest BCUT2D eigenvalue weighted by molar-refractivity contribution is 8.00. The standard InChI is InChI=1S/C23H24N8O3S/c1-31(2)23(33)27-17-9-15(11-24-12-17)14-5-7-19-18(10-14)21(29-28-19)22(32)26-16-6-8-20(25-13-16)30-35(3,4)34/h5-13H,3H2,1-2,4H3,(H,26,32)(H,27,33)(H,28,29)(H,25,30,34). The van der Waals surface area contributed by atoms with Crippen LogP contribution in [0.1, 0.15) is 10.5 Å². The molecular weight excluding hydrogens is 468 g/mol. The molecular formula is C23H24N8O3S. The molecule has 4 aromatic rings. The van der Waals surface area contributed by atoms with E-state index < -0.39 is 15.6 Å². The quantitative estimate of drug-likeness (QED) is 0.305. The molecule has 3 amide bonds. The number of aromatic amines is 1. The summed E-state index contributed by atoms with van der Waals surface area (Å²) < 4.78 is 14.5. The van der Waals surface area contributed by atoms with E-state index in [1.165, 1.54) is 17.4 Å². The number of carbonyl (C=O) groups is 2. The fourth-order valence-corrected chi connectivity index (χ4v) is 3.77. The van der Waals surface area contributed by atoms with Crippen LogP contribution in [-0.4, -0.2) is 67.4 Å². The molecule has 12 heteroatoms. The van der Waals surface area contributed by atoms with Gasteiger partial charge in [-0.1, -0.05) is 6.07 Å². The zero-order valence-electron chi connectivity index (χ0n) is 19.3. The summed E-state index contributed by atoms with van der Waals surface area (Å²) in [5.41, 5.74) is 3.47. The van der Waals surface area contributed by atoms with Crippen molar-refractivity contribution in [2.45, 2.75) is 0 Å². The highest BCUT2D eigenvalue weighted by atomic mass is 32.2. The number of nitrogens with zero attached hydrogens (tertiary/aromatic N) is 4. The summed E-state index contributed by atoms with van der Waals surface area (Å²) in [6.45, 7) is 0. The maximum atomic E-state index is 12.9. The van der Waals surface area contributed by atoms with Gasteiger partial charge in [-0.2, -0.15) is 5.10 Å². The summed E-state index contributed by atoms with van der Waals surface area (Å²) in [5, 5.41) is 13.2. The Morgan fingerprint density at radius 2 is 1.80 bits per heavy atom. The molecule has 35 heavy (non-hydrogen) atoms. The van der Waals surface area contributed by atoms with E-state index in [0.29, 0.717) is 28.1 Å². The van der Waals surface area contributed by atoms with E-state index in [0.717, 1.165) is 11.1 Å². The van der Waals surface area contributed by atoms with Gasteiger partial charge in [-0.25, -0.2) is 14.0 Å². The van der Waals surface area contributed by atoms with Crippen LogP contribution in [0.2, 0.25) is 0 Å². The van der Waals surface area contributed by atoms with E-state index in [1.54, 1.807) is 44.7 Å². The topological polar surface area (TPSA) is 145 Å². The maximum Gasteiger partial charge on any atom is 0.321 e. The van der Waals surface area contributed by atoms with Crippen molar-refractivity contribution >= 4 is 55.6 Å². The van der Waals surface area contributed by atoms with Gasteiger partial charge in [0.05, 0.1) is 29.3 Å². The van der Waals surface area contributed by atoms with Crippen molar-refractivity contribution in [3.05, 3.63) is 60.7 Å². The first kappa shape index (κ1) is 23.7. The van der Waals surface area contributed by atoms with Gasteiger partial charge >= 0.3 is 6.03 Å². The lowest BCUT2D eigenvalue weighted by atomic mass is 10.0. The van der Waals surface area contributed by atoms with Crippen molar-refractivity contribution in [2.75, 3.05) is 35.7 Å². The van der Waals surface area contributed by atoms with Crippen LogP contribution >= 0.6 is 0 Å². The molecule has 0 bridgehead atoms. The number of hydrogen-bond acceptors (Lipinski definition) is 6. The van der Waals surface area contributed by atoms with Crippen molar-refractivity contribution in [3.63, 3.8) is 0 Å². The Morgan fingerprint density at radius 1 is 1.00 bits per heavy atom. The van der Waals surface area contributed by atoms with Crippen LogP contribution in [0.25, 0.3) is 22.0 Å². The van der Waals surface area contributed by atoms with Gasteiger partial charge in [0, 0.05) is 47.2 Å². The number of rotatable bonds is 6. The van der Waals surface area contributed by atoms with Crippen molar-refractivity contribution in [3.8, 4) is 11.1 Å². The van der Waals surface area contributed by atoms with Crippen LogP contribution in [0.15, 0.2) is 55.0 Å². The van der Waals surface area contributed by atoms with Crippen LogP contribution in [0, 0.1) is 0 Å². The van der Waals surface area contributed by atoms with E-state index in [1.807, 2.05) is 18.2 Å². The molecule has 1 atom stereocenters. The number of anilines is 3. The number of carbonyl (C=O) groups excluding carboxylic acids is 2. The second-order valence-corrected chi connectivity index (χ2v) is 10.3. The molecule has 0 aliphatic heterocycles. The van der Waals surface area contributed by atoms with E-state index in [9.17, 15) is 13.8 Å². The normalized spacial score (nSPS) is 12.5. The van der Waals surface area contributed by atoms with E-state index in [-0.39, 0.29) is 11.7 Å². The molecule has 0 fully saturated rings. The summed E-state index contributed by atoms with van der Waals surface area (Å²) >= 11 is 0. The zero-order valence-corrected chi connectivity index (χ0v) is 20.1. The lowest BCUT2D eigenvalue weighted by molar-refractivity contribution is 0.102. The molecule has 0 saturated heterocycles. The Hall–Kier alpha value is -4.45. The third kappa shape index (κ3) is 5.73. The Balaban J connectivity index is 1.57. The largest absolute Gasteiger partial charge is 0.331 e. The molecule has 0 spiro atoms. The number of benzene rings is 1. The molecule has 3 aromatic heterocycles. The Bertz CT molecular complexity index is 1510. The minimum Gasteiger partial charge on any atom is -0.331 e. The predicted octanol–water partition coefficient (Wildman–Crippen LogP) is 3.04. The number of amides is 3. The van der Waals surface area contributed by atoms with E-state index >= 15 is 0 Å². The second-order valence-electron chi connectivity index (χ2n) is 8.11. The fourth-order valence-electron chi connectivity index (χ4n) is 3.21. The summed E-state index contributed by atoms with van der Waals surface area (Å²) in [6.07, 6.45) is 6.15. The first-order valence-electron chi connectivity index (χ1n) is 10.4. The number of nitrogens with one attached hydrogen (secondary N) is 4. The lowest BCUT2D eigenvalue weighted by Crippen LogP contribution is -2.27. The monoisotopic (exact) mass is 492 g/mol. The van der Waals surface area contributed by atoms with Gasteiger partial charge in [-0.15, -0.1) is 0 Å². The van der Waals surface area contributed by atoms with E-state index in [4.69, 9.17) is 0 Å². The summed E-state index contributed by atoms with van der Waals surface area (Å²) in [4.78, 5) is 34.7. The molecule has 4 N–H and O–H groups in total. The van der Waals surface area contributed by atoms with Crippen molar-refractivity contribution in [2.24, 2.45) is 0 Å². The van der Waals surface area contributed by atoms with Crippen LogP contribution in [0.3, 0.4) is 0 Å². The van der Waals surface area contributed by atoms with Crippen LogP contribution in [-0.2, 0) is 9.71 Å². The molecule has 1 unspecified atom stereocenters. The van der Waals surface area contributed by atoms with Crippen molar-refractivity contribution in [1.29, 1.82) is 0 Å². The molecule has 3 heterocycles. The lowest BCUT2D eigenvalue weighted by Gasteiger charge is -2.12. The molecule has 11 nitrogen and oxygen atoms in total. The van der Waals surface area contributed by atoms with E-state index in [2.05, 4.69) is 41.4 Å². The number of hydrogen-bond donors (Lipinski definition) is 4.